The van der Waals surface area contributed by atoms with Gasteiger partial charge >= 0.3 is 0 Å². The number of nitrogens with zero attached hydrogens (tertiary/aromatic N) is 3. The average Bonchev–Trinajstić information content (AvgIpc) is 3.28. The molecule has 0 spiro atoms. The number of thiazole rings is 1. The van der Waals surface area contributed by atoms with E-state index in [1.165, 1.54) is 16.3 Å². The summed E-state index contributed by atoms with van der Waals surface area (Å²) in [6.45, 7) is 2.47. The van der Waals surface area contributed by atoms with E-state index in [2.05, 4.69) is 10.1 Å². The van der Waals surface area contributed by atoms with Crippen LogP contribution >= 0.6 is 11.3 Å². The maximum Gasteiger partial charge on any atom is 0.280 e. The van der Waals surface area contributed by atoms with E-state index in [4.69, 9.17) is 14.2 Å². The van der Waals surface area contributed by atoms with Crippen LogP contribution in [0.3, 0.4) is 0 Å². The van der Waals surface area contributed by atoms with Crippen LogP contribution in [0.15, 0.2) is 71.8 Å². The predicted octanol–water partition coefficient (Wildman–Crippen LogP) is 5.39. The van der Waals surface area contributed by atoms with E-state index in [0.29, 0.717) is 23.1 Å². The average molecular weight is 462 g/mol. The lowest BCUT2D eigenvalue weighted by molar-refractivity contribution is 0.0988. The molecule has 4 aromatic rings. The number of amides is 1. The molecule has 4 rings (SSSR count). The lowest BCUT2D eigenvalue weighted by Gasteiger charge is -2.14. The van der Waals surface area contributed by atoms with Crippen molar-refractivity contribution in [1.82, 2.24) is 4.98 Å². The molecule has 0 bridgehead atoms. The number of rotatable bonds is 8. The number of fused-ring (bicyclic) bond motifs is 1. The normalized spacial score (nSPS) is 11.0. The van der Waals surface area contributed by atoms with Crippen LogP contribution in [-0.2, 0) is 0 Å². The second-order valence-corrected chi connectivity index (χ2v) is 7.93. The summed E-state index contributed by atoms with van der Waals surface area (Å²) in [5.74, 6) is 1.88. The zero-order chi connectivity index (χ0) is 23.2. The van der Waals surface area contributed by atoms with Crippen molar-refractivity contribution >= 4 is 38.8 Å². The topological polar surface area (TPSA) is 73.2 Å². The van der Waals surface area contributed by atoms with Gasteiger partial charge in [-0.05, 0) is 79.2 Å². The molecular formula is C25H23N3O4S. The second-order valence-electron chi connectivity index (χ2n) is 6.92. The number of ether oxygens (including phenoxy) is 3. The van der Waals surface area contributed by atoms with Gasteiger partial charge in [-0.25, -0.2) is 4.98 Å². The summed E-state index contributed by atoms with van der Waals surface area (Å²) < 4.78 is 16.9. The van der Waals surface area contributed by atoms with Gasteiger partial charge in [-0.15, -0.1) is 0 Å². The zero-order valence-corrected chi connectivity index (χ0v) is 19.3. The van der Waals surface area contributed by atoms with E-state index in [9.17, 15) is 4.79 Å². The molecule has 0 aliphatic heterocycles. The van der Waals surface area contributed by atoms with E-state index in [0.717, 1.165) is 27.3 Å². The summed E-state index contributed by atoms with van der Waals surface area (Å²) in [4.78, 5) is 18.1. The Balaban J connectivity index is 1.70. The summed E-state index contributed by atoms with van der Waals surface area (Å²) in [6, 6.07) is 20.0. The number of carbonyl (C=O) groups is 1. The van der Waals surface area contributed by atoms with Gasteiger partial charge in [0.15, 0.2) is 0 Å². The minimum Gasteiger partial charge on any atom is -0.497 e. The van der Waals surface area contributed by atoms with Gasteiger partial charge in [0.25, 0.3) is 5.91 Å². The lowest BCUT2D eigenvalue weighted by Crippen LogP contribution is -2.25. The molecule has 0 unspecified atom stereocenters. The third-order valence-electron chi connectivity index (χ3n) is 4.81. The fraction of sp³-hybridized carbons (Fsp3) is 0.160. The Kier molecular flexibility index (Phi) is 6.85. The van der Waals surface area contributed by atoms with Crippen molar-refractivity contribution in [2.45, 2.75) is 6.92 Å². The van der Waals surface area contributed by atoms with Crippen molar-refractivity contribution in [1.29, 1.82) is 0 Å². The quantitative estimate of drug-likeness (QED) is 0.260. The Hall–Kier alpha value is -3.91. The fourth-order valence-electron chi connectivity index (χ4n) is 3.10. The van der Waals surface area contributed by atoms with Crippen LogP contribution in [0.5, 0.6) is 17.2 Å². The monoisotopic (exact) mass is 461 g/mol. The molecule has 0 N–H and O–H groups in total. The highest BCUT2D eigenvalue weighted by atomic mass is 32.1. The number of methoxy groups -OCH3 is 2. The van der Waals surface area contributed by atoms with Gasteiger partial charge in [0, 0.05) is 5.56 Å². The van der Waals surface area contributed by atoms with Gasteiger partial charge < -0.3 is 14.2 Å². The first-order valence-electron chi connectivity index (χ1n) is 10.3. The van der Waals surface area contributed by atoms with Crippen LogP contribution in [0.25, 0.3) is 10.2 Å². The number of carbonyl (C=O) groups excluding carboxylic acids is 1. The summed E-state index contributed by atoms with van der Waals surface area (Å²) in [7, 11) is 3.23. The SMILES string of the molecule is CCOc1ccc(C(=O)N(/N=C/c2ccc(OC)cc2)c2nc3ccc(OC)cc3s2)cc1. The standard InChI is InChI=1S/C25H23N3O4S/c1-4-32-20-11-7-18(8-12-20)24(29)28(26-16-17-5-9-19(30-2)10-6-17)25-27-22-14-13-21(31-3)15-23(22)33-25/h5-16H,4H2,1-3H3/b26-16+. The Labute approximate surface area is 195 Å². The van der Waals surface area contributed by atoms with Crippen molar-refractivity contribution in [2.24, 2.45) is 5.10 Å². The van der Waals surface area contributed by atoms with Crippen molar-refractivity contribution in [3.63, 3.8) is 0 Å². The molecular weight excluding hydrogens is 438 g/mol. The van der Waals surface area contributed by atoms with Gasteiger partial charge in [-0.3, -0.25) is 4.79 Å². The molecule has 7 nitrogen and oxygen atoms in total. The Morgan fingerprint density at radius 3 is 2.30 bits per heavy atom. The number of hydrogen-bond acceptors (Lipinski definition) is 7. The van der Waals surface area contributed by atoms with Crippen LogP contribution in [0.2, 0.25) is 0 Å². The minimum absolute atomic E-state index is 0.297. The van der Waals surface area contributed by atoms with E-state index < -0.39 is 0 Å². The maximum atomic E-state index is 13.4. The van der Waals surface area contributed by atoms with Crippen molar-refractivity contribution < 1.29 is 19.0 Å². The van der Waals surface area contributed by atoms with E-state index in [-0.39, 0.29) is 5.91 Å². The van der Waals surface area contributed by atoms with Gasteiger partial charge in [0.2, 0.25) is 5.13 Å². The summed E-state index contributed by atoms with van der Waals surface area (Å²) >= 11 is 1.37. The molecule has 8 heteroatoms. The third-order valence-corrected chi connectivity index (χ3v) is 5.80. The van der Waals surface area contributed by atoms with Crippen molar-refractivity contribution in [3.8, 4) is 17.2 Å². The van der Waals surface area contributed by atoms with Crippen molar-refractivity contribution in [2.75, 3.05) is 25.8 Å². The molecule has 0 aliphatic carbocycles. The van der Waals surface area contributed by atoms with Gasteiger partial charge in [-0.2, -0.15) is 10.1 Å². The predicted molar refractivity (Wildman–Crippen MR) is 131 cm³/mol. The Morgan fingerprint density at radius 1 is 0.970 bits per heavy atom. The van der Waals surface area contributed by atoms with Crippen molar-refractivity contribution in [3.05, 3.63) is 77.9 Å². The minimum atomic E-state index is -0.297. The highest BCUT2D eigenvalue weighted by Gasteiger charge is 2.21. The first-order chi connectivity index (χ1) is 16.1. The van der Waals surface area contributed by atoms with E-state index in [1.807, 2.05) is 49.4 Å². The van der Waals surface area contributed by atoms with Gasteiger partial charge in [0.1, 0.15) is 17.2 Å². The molecule has 168 valence electrons. The first kappa shape index (κ1) is 22.3. The molecule has 0 saturated carbocycles. The Bertz CT molecular complexity index is 1270. The molecule has 0 radical (unpaired) electrons. The molecule has 0 atom stereocenters. The lowest BCUT2D eigenvalue weighted by atomic mass is 10.2. The molecule has 1 aromatic heterocycles. The van der Waals surface area contributed by atoms with Gasteiger partial charge in [-0.1, -0.05) is 11.3 Å². The zero-order valence-electron chi connectivity index (χ0n) is 18.5. The number of benzene rings is 3. The van der Waals surface area contributed by atoms with Crippen LogP contribution < -0.4 is 19.2 Å². The molecule has 1 heterocycles. The highest BCUT2D eigenvalue weighted by Crippen LogP contribution is 2.32. The van der Waals surface area contributed by atoms with Crippen LogP contribution in [-0.4, -0.2) is 37.9 Å². The largest absolute Gasteiger partial charge is 0.497 e. The summed E-state index contributed by atoms with van der Waals surface area (Å²) in [5.41, 5.74) is 2.06. The molecule has 3 aromatic carbocycles. The summed E-state index contributed by atoms with van der Waals surface area (Å²) in [6.07, 6.45) is 1.62. The smallest absolute Gasteiger partial charge is 0.280 e. The number of anilines is 1. The number of hydrazone groups is 1. The van der Waals surface area contributed by atoms with E-state index in [1.54, 1.807) is 44.7 Å². The number of hydrogen-bond donors (Lipinski definition) is 0. The van der Waals surface area contributed by atoms with Gasteiger partial charge in [0.05, 0.1) is 37.3 Å². The molecule has 0 aliphatic rings. The van der Waals surface area contributed by atoms with Crippen LogP contribution in [0.4, 0.5) is 5.13 Å². The summed E-state index contributed by atoms with van der Waals surface area (Å²) in [5, 5.41) is 6.27. The molecule has 0 saturated heterocycles. The Morgan fingerprint density at radius 2 is 1.64 bits per heavy atom. The second kappa shape index (κ2) is 10.1. The van der Waals surface area contributed by atoms with E-state index >= 15 is 0 Å². The first-order valence-corrected chi connectivity index (χ1v) is 11.1. The number of aromatic nitrogens is 1. The fourth-order valence-corrected chi connectivity index (χ4v) is 4.05. The van der Waals surface area contributed by atoms with Crippen LogP contribution in [0.1, 0.15) is 22.8 Å². The molecule has 33 heavy (non-hydrogen) atoms. The third kappa shape index (κ3) is 5.12. The molecule has 1 amide bonds. The molecule has 0 fully saturated rings. The highest BCUT2D eigenvalue weighted by molar-refractivity contribution is 7.22. The van der Waals surface area contributed by atoms with Crippen LogP contribution in [0, 0.1) is 0 Å². The maximum absolute atomic E-state index is 13.4.